The second-order valence-corrected chi connectivity index (χ2v) is 12.9. The maximum absolute atomic E-state index is 14.1. The van der Waals surface area contributed by atoms with Crippen LogP contribution in [0.5, 0.6) is 0 Å². The van der Waals surface area contributed by atoms with Crippen molar-refractivity contribution < 1.29 is 31.2 Å². The Morgan fingerprint density at radius 2 is 1.64 bits per heavy atom. The van der Waals surface area contributed by atoms with Gasteiger partial charge in [0.2, 0.25) is 11.8 Å². The summed E-state index contributed by atoms with van der Waals surface area (Å²) in [5.74, 6) is -1.25. The minimum Gasteiger partial charge on any atom is -0.354 e. The molecule has 1 N–H and O–H groups in total. The highest BCUT2D eigenvalue weighted by molar-refractivity contribution is 7.92. The van der Waals surface area contributed by atoms with Gasteiger partial charge < -0.3 is 10.2 Å². The summed E-state index contributed by atoms with van der Waals surface area (Å²) >= 11 is 12.3. The van der Waals surface area contributed by atoms with Crippen LogP contribution in [0.3, 0.4) is 0 Å². The minimum atomic E-state index is -4.76. The largest absolute Gasteiger partial charge is 0.416 e. The summed E-state index contributed by atoms with van der Waals surface area (Å²) in [6.07, 6.45) is -3.05. The molecule has 238 valence electrons. The molecule has 0 saturated heterocycles. The fraction of sp³-hybridized carbons (Fsp3) is 0.355. The Hall–Kier alpha value is -3.28. The lowest BCUT2D eigenvalue weighted by atomic mass is 10.1. The first-order valence-electron chi connectivity index (χ1n) is 14.0. The molecule has 44 heavy (non-hydrogen) atoms. The first-order chi connectivity index (χ1) is 20.7. The predicted octanol–water partition coefficient (Wildman–Crippen LogP) is 7.24. The average molecular weight is 673 g/mol. The van der Waals surface area contributed by atoms with Crippen LogP contribution in [0.4, 0.5) is 18.9 Å². The van der Waals surface area contributed by atoms with E-state index >= 15 is 0 Å². The fourth-order valence-corrected chi connectivity index (χ4v) is 6.19. The fourth-order valence-electron chi connectivity index (χ4n) is 4.46. The van der Waals surface area contributed by atoms with Gasteiger partial charge in [-0.05, 0) is 67.8 Å². The number of carbonyl (C=O) groups is 2. The third-order valence-corrected chi connectivity index (χ3v) is 9.43. The van der Waals surface area contributed by atoms with Gasteiger partial charge >= 0.3 is 6.18 Å². The number of nitrogens with zero attached hydrogens (tertiary/aromatic N) is 2. The van der Waals surface area contributed by atoms with E-state index in [0.717, 1.165) is 24.1 Å². The number of halogens is 5. The monoisotopic (exact) mass is 671 g/mol. The van der Waals surface area contributed by atoms with Crippen molar-refractivity contribution in [2.24, 2.45) is 0 Å². The van der Waals surface area contributed by atoms with Gasteiger partial charge in [-0.3, -0.25) is 13.9 Å². The topological polar surface area (TPSA) is 86.8 Å². The minimum absolute atomic E-state index is 0.142. The Morgan fingerprint density at radius 1 is 0.955 bits per heavy atom. The van der Waals surface area contributed by atoms with Crippen LogP contribution in [0.15, 0.2) is 71.6 Å². The summed E-state index contributed by atoms with van der Waals surface area (Å²) in [5, 5.41) is 3.30. The van der Waals surface area contributed by atoms with Gasteiger partial charge in [0.1, 0.15) is 12.6 Å². The quantitative estimate of drug-likeness (QED) is 0.194. The number of hydrogen-bond donors (Lipinski definition) is 1. The number of alkyl halides is 3. The number of unbranched alkanes of at least 4 members (excludes halogenated alkanes) is 1. The molecule has 7 nitrogen and oxygen atoms in total. The summed E-state index contributed by atoms with van der Waals surface area (Å²) in [4.78, 5) is 28.3. The van der Waals surface area contributed by atoms with Gasteiger partial charge in [0, 0.05) is 13.1 Å². The predicted molar refractivity (Wildman–Crippen MR) is 166 cm³/mol. The molecule has 0 aromatic heterocycles. The standard InChI is InChI=1S/C31H34Cl2F3N3O4S/c1-4-6-16-37-30(41)28(5-2)38(19-22-12-15-26(32)27(33)17-22)29(40)20-39(24-9-7-8-23(18-24)31(34,35)36)44(42,43)25-13-10-21(3)11-14-25/h7-15,17-18,28H,4-6,16,19-20H2,1-3H3,(H,37,41). The van der Waals surface area contributed by atoms with Crippen molar-refractivity contribution in [3.63, 3.8) is 0 Å². The SMILES string of the molecule is CCCCNC(=O)C(CC)N(Cc1ccc(Cl)c(Cl)c1)C(=O)CN(c1cccc(C(F)(F)F)c1)S(=O)(=O)c1ccc(C)cc1. The van der Waals surface area contributed by atoms with Crippen molar-refractivity contribution in [1.82, 2.24) is 10.2 Å². The van der Waals surface area contributed by atoms with Crippen LogP contribution in [0.2, 0.25) is 10.0 Å². The van der Waals surface area contributed by atoms with E-state index in [2.05, 4.69) is 5.32 Å². The van der Waals surface area contributed by atoms with E-state index in [0.29, 0.717) is 28.9 Å². The molecule has 0 aliphatic rings. The Bertz CT molecular complexity index is 1570. The Morgan fingerprint density at radius 3 is 2.23 bits per heavy atom. The Kier molecular flexibility index (Phi) is 12.1. The summed E-state index contributed by atoms with van der Waals surface area (Å²) in [7, 11) is -4.54. The zero-order chi connectivity index (χ0) is 32.7. The van der Waals surface area contributed by atoms with E-state index in [1.807, 2.05) is 6.92 Å². The van der Waals surface area contributed by atoms with Crippen molar-refractivity contribution in [1.29, 1.82) is 0 Å². The van der Waals surface area contributed by atoms with Gasteiger partial charge in [0.15, 0.2) is 0 Å². The van der Waals surface area contributed by atoms with Gasteiger partial charge in [0.25, 0.3) is 10.0 Å². The molecule has 2 amide bonds. The van der Waals surface area contributed by atoms with Gasteiger partial charge in [-0.25, -0.2) is 8.42 Å². The molecule has 0 radical (unpaired) electrons. The second-order valence-electron chi connectivity index (χ2n) is 10.2. The maximum Gasteiger partial charge on any atom is 0.416 e. The molecular weight excluding hydrogens is 638 g/mol. The van der Waals surface area contributed by atoms with E-state index in [4.69, 9.17) is 23.2 Å². The molecule has 0 saturated carbocycles. The molecule has 0 aliphatic heterocycles. The van der Waals surface area contributed by atoms with Crippen molar-refractivity contribution in [2.45, 2.75) is 63.7 Å². The number of sulfonamides is 1. The molecule has 1 atom stereocenters. The Labute approximate surface area is 266 Å². The maximum atomic E-state index is 14.1. The molecule has 0 fully saturated rings. The molecule has 0 heterocycles. The molecule has 1 unspecified atom stereocenters. The second kappa shape index (κ2) is 15.1. The lowest BCUT2D eigenvalue weighted by Gasteiger charge is -2.33. The van der Waals surface area contributed by atoms with Crippen LogP contribution in [0.1, 0.15) is 49.8 Å². The van der Waals surface area contributed by atoms with Gasteiger partial charge in [-0.2, -0.15) is 13.2 Å². The molecule has 3 aromatic rings. The lowest BCUT2D eigenvalue weighted by Crippen LogP contribution is -2.52. The highest BCUT2D eigenvalue weighted by Gasteiger charge is 2.36. The molecule has 0 aliphatic carbocycles. The highest BCUT2D eigenvalue weighted by Crippen LogP contribution is 2.33. The van der Waals surface area contributed by atoms with Gasteiger partial charge in [0.05, 0.1) is 26.2 Å². The van der Waals surface area contributed by atoms with Gasteiger partial charge in [-0.1, -0.05) is 73.3 Å². The van der Waals surface area contributed by atoms with Crippen molar-refractivity contribution in [2.75, 3.05) is 17.4 Å². The zero-order valence-corrected chi connectivity index (χ0v) is 26.8. The number of hydrogen-bond acceptors (Lipinski definition) is 4. The van der Waals surface area contributed by atoms with Crippen LogP contribution >= 0.6 is 23.2 Å². The summed E-state index contributed by atoms with van der Waals surface area (Å²) in [5.41, 5.74) is -0.164. The van der Waals surface area contributed by atoms with Crippen LogP contribution < -0.4 is 9.62 Å². The van der Waals surface area contributed by atoms with E-state index in [1.54, 1.807) is 32.0 Å². The Balaban J connectivity index is 2.11. The van der Waals surface area contributed by atoms with E-state index in [9.17, 15) is 31.2 Å². The van der Waals surface area contributed by atoms with Crippen LogP contribution in [-0.2, 0) is 32.3 Å². The lowest BCUT2D eigenvalue weighted by molar-refractivity contribution is -0.140. The van der Waals surface area contributed by atoms with E-state index in [1.165, 1.54) is 35.2 Å². The number of nitrogens with one attached hydrogen (secondary N) is 1. The van der Waals surface area contributed by atoms with Crippen LogP contribution in [0.25, 0.3) is 0 Å². The first-order valence-corrected chi connectivity index (χ1v) is 16.2. The number of aryl methyl sites for hydroxylation is 1. The molecular formula is C31H34Cl2F3N3O4S. The molecule has 3 aromatic carbocycles. The third kappa shape index (κ3) is 8.89. The molecule has 3 rings (SSSR count). The van der Waals surface area contributed by atoms with E-state index in [-0.39, 0.29) is 33.6 Å². The molecule has 0 spiro atoms. The van der Waals surface area contributed by atoms with Crippen molar-refractivity contribution in [3.8, 4) is 0 Å². The third-order valence-electron chi connectivity index (χ3n) is 6.90. The number of amides is 2. The molecule has 13 heteroatoms. The highest BCUT2D eigenvalue weighted by atomic mass is 35.5. The van der Waals surface area contributed by atoms with E-state index < -0.39 is 46.2 Å². The average Bonchev–Trinajstić information content (AvgIpc) is 2.97. The number of anilines is 1. The zero-order valence-electron chi connectivity index (χ0n) is 24.5. The number of carbonyl (C=O) groups excluding carboxylic acids is 2. The van der Waals surface area contributed by atoms with Crippen LogP contribution in [0, 0.1) is 6.92 Å². The summed E-state index contributed by atoms with van der Waals surface area (Å²) < 4.78 is 69.4. The normalized spacial score (nSPS) is 12.5. The summed E-state index contributed by atoms with van der Waals surface area (Å²) in [6, 6.07) is 13.1. The summed E-state index contributed by atoms with van der Waals surface area (Å²) in [6.45, 7) is 4.77. The number of rotatable bonds is 13. The number of benzene rings is 3. The van der Waals surface area contributed by atoms with Gasteiger partial charge in [-0.15, -0.1) is 0 Å². The van der Waals surface area contributed by atoms with Crippen molar-refractivity contribution in [3.05, 3.63) is 93.5 Å². The first kappa shape index (κ1) is 35.2. The smallest absolute Gasteiger partial charge is 0.354 e. The van der Waals surface area contributed by atoms with Crippen LogP contribution in [-0.4, -0.2) is 44.3 Å². The molecule has 0 bridgehead atoms. The van der Waals surface area contributed by atoms with Crippen molar-refractivity contribution >= 4 is 50.7 Å².